The second-order valence-electron chi connectivity index (χ2n) is 3.38. The minimum Gasteiger partial charge on any atom is -0.287 e. The molecule has 0 aliphatic rings. The minimum atomic E-state index is -0.223. The summed E-state index contributed by atoms with van der Waals surface area (Å²) < 4.78 is 0. The molecule has 0 saturated heterocycles. The van der Waals surface area contributed by atoms with Gasteiger partial charge in [0.15, 0.2) is 0 Å². The van der Waals surface area contributed by atoms with E-state index < -0.39 is 0 Å². The molecule has 0 atom stereocenters. The number of rotatable bonds is 2. The van der Waals surface area contributed by atoms with Crippen molar-refractivity contribution in [3.63, 3.8) is 0 Å². The van der Waals surface area contributed by atoms with E-state index in [0.717, 1.165) is 0 Å². The molecular weight excluding hydrogens is 236 g/mol. The van der Waals surface area contributed by atoms with Gasteiger partial charge in [-0.2, -0.15) is 5.26 Å². The molecule has 82 valence electrons. The van der Waals surface area contributed by atoms with Crippen LogP contribution in [0.2, 0.25) is 5.02 Å². The fourth-order valence-electron chi connectivity index (χ4n) is 1.39. The zero-order valence-corrected chi connectivity index (χ0v) is 9.48. The average Bonchev–Trinajstić information content (AvgIpc) is 2.39. The summed E-state index contributed by atoms with van der Waals surface area (Å²) in [7, 11) is 0. The number of aromatic nitrogens is 1. The van der Waals surface area contributed by atoms with E-state index in [1.165, 1.54) is 6.20 Å². The maximum atomic E-state index is 12.0. The second kappa shape index (κ2) is 4.77. The van der Waals surface area contributed by atoms with Gasteiger partial charge in [0.1, 0.15) is 5.69 Å². The summed E-state index contributed by atoms with van der Waals surface area (Å²) in [6.07, 6.45) is 1.42. The van der Waals surface area contributed by atoms with Gasteiger partial charge in [-0.15, -0.1) is 0 Å². The summed E-state index contributed by atoms with van der Waals surface area (Å²) in [5, 5.41) is 9.24. The Labute approximate surface area is 103 Å². The first-order valence-corrected chi connectivity index (χ1v) is 5.25. The molecule has 0 spiro atoms. The van der Waals surface area contributed by atoms with E-state index in [1.807, 2.05) is 6.07 Å². The van der Waals surface area contributed by atoms with Gasteiger partial charge in [0.05, 0.1) is 16.7 Å². The topological polar surface area (TPSA) is 53.8 Å². The van der Waals surface area contributed by atoms with Crippen LogP contribution in [0, 0.1) is 11.3 Å². The van der Waals surface area contributed by atoms with Crippen molar-refractivity contribution < 1.29 is 4.79 Å². The van der Waals surface area contributed by atoms with E-state index >= 15 is 0 Å². The fraction of sp³-hybridized carbons (Fsp3) is 0. The lowest BCUT2D eigenvalue weighted by Crippen LogP contribution is -2.03. The van der Waals surface area contributed by atoms with Crippen LogP contribution >= 0.6 is 11.6 Å². The van der Waals surface area contributed by atoms with Gasteiger partial charge >= 0.3 is 0 Å². The summed E-state index contributed by atoms with van der Waals surface area (Å²) in [4.78, 5) is 16.0. The van der Waals surface area contributed by atoms with Crippen LogP contribution in [0.4, 0.5) is 0 Å². The number of benzene rings is 1. The molecule has 0 bridgehead atoms. The molecule has 1 aromatic heterocycles. The maximum Gasteiger partial charge on any atom is 0.211 e. The monoisotopic (exact) mass is 242 g/mol. The molecular formula is C13H7ClN2O. The van der Waals surface area contributed by atoms with Crippen LogP contribution < -0.4 is 0 Å². The molecule has 0 amide bonds. The van der Waals surface area contributed by atoms with Crippen LogP contribution in [0.1, 0.15) is 21.6 Å². The number of nitriles is 1. The molecule has 0 aliphatic carbocycles. The number of hydrogen-bond acceptors (Lipinski definition) is 3. The Bertz CT molecular complexity index is 600. The van der Waals surface area contributed by atoms with Crippen molar-refractivity contribution in [1.29, 1.82) is 5.26 Å². The third-order valence-electron chi connectivity index (χ3n) is 2.21. The quantitative estimate of drug-likeness (QED) is 0.761. The number of hydrogen-bond donors (Lipinski definition) is 0. The molecule has 4 heteroatoms. The van der Waals surface area contributed by atoms with Gasteiger partial charge in [0, 0.05) is 11.8 Å². The van der Waals surface area contributed by atoms with E-state index in [9.17, 15) is 4.79 Å². The summed E-state index contributed by atoms with van der Waals surface area (Å²) >= 11 is 5.69. The molecule has 0 N–H and O–H groups in total. The van der Waals surface area contributed by atoms with Crippen LogP contribution in [0.5, 0.6) is 0 Å². The summed E-state index contributed by atoms with van der Waals surface area (Å²) in [6, 6.07) is 11.7. The van der Waals surface area contributed by atoms with E-state index in [4.69, 9.17) is 16.9 Å². The first-order chi connectivity index (χ1) is 8.20. The highest BCUT2D eigenvalue weighted by molar-refractivity contribution is 6.30. The van der Waals surface area contributed by atoms with Crippen LogP contribution in [0.25, 0.3) is 0 Å². The lowest BCUT2D eigenvalue weighted by Gasteiger charge is -2.00. The van der Waals surface area contributed by atoms with Crippen molar-refractivity contribution in [1.82, 2.24) is 4.98 Å². The molecule has 1 heterocycles. The lowest BCUT2D eigenvalue weighted by molar-refractivity contribution is 0.103. The molecule has 3 nitrogen and oxygen atoms in total. The van der Waals surface area contributed by atoms with Crippen molar-refractivity contribution in [3.8, 4) is 6.07 Å². The average molecular weight is 243 g/mol. The van der Waals surface area contributed by atoms with E-state index in [1.54, 1.807) is 36.4 Å². The van der Waals surface area contributed by atoms with Gasteiger partial charge in [-0.25, -0.2) is 0 Å². The third-order valence-corrected chi connectivity index (χ3v) is 2.44. The number of nitrogens with zero attached hydrogens (tertiary/aromatic N) is 2. The molecule has 2 rings (SSSR count). The highest BCUT2D eigenvalue weighted by atomic mass is 35.5. The van der Waals surface area contributed by atoms with Gasteiger partial charge in [-0.05, 0) is 24.3 Å². The van der Waals surface area contributed by atoms with Crippen molar-refractivity contribution in [2.75, 3.05) is 0 Å². The van der Waals surface area contributed by atoms with E-state index in [-0.39, 0.29) is 5.78 Å². The number of carbonyl (C=O) groups excluding carboxylic acids is 1. The molecule has 2 aromatic rings. The normalized spacial score (nSPS) is 9.65. The van der Waals surface area contributed by atoms with Crippen LogP contribution in [-0.2, 0) is 0 Å². The van der Waals surface area contributed by atoms with Gasteiger partial charge in [-0.1, -0.05) is 23.7 Å². The van der Waals surface area contributed by atoms with Crippen molar-refractivity contribution in [2.45, 2.75) is 0 Å². The van der Waals surface area contributed by atoms with E-state index in [2.05, 4.69) is 4.98 Å². The Hall–Kier alpha value is -2.18. The molecule has 0 fully saturated rings. The van der Waals surface area contributed by atoms with Gasteiger partial charge in [-0.3, -0.25) is 9.78 Å². The Kier molecular flexibility index (Phi) is 3.17. The standard InChI is InChI=1S/C13H7ClN2O/c14-11-4-5-12(16-8-11)13(17)10-3-1-2-9(6-10)7-15/h1-6,8H. The third kappa shape index (κ3) is 2.49. The Balaban J connectivity index is 2.37. The summed E-state index contributed by atoms with van der Waals surface area (Å²) in [5.74, 6) is -0.223. The van der Waals surface area contributed by atoms with Gasteiger partial charge in [0.2, 0.25) is 5.78 Å². The minimum absolute atomic E-state index is 0.223. The number of ketones is 1. The predicted molar refractivity (Wildman–Crippen MR) is 63.8 cm³/mol. The summed E-state index contributed by atoms with van der Waals surface area (Å²) in [5.41, 5.74) is 1.20. The van der Waals surface area contributed by atoms with Crippen LogP contribution in [0.3, 0.4) is 0 Å². The lowest BCUT2D eigenvalue weighted by atomic mass is 10.1. The highest BCUT2D eigenvalue weighted by Gasteiger charge is 2.10. The zero-order valence-electron chi connectivity index (χ0n) is 8.72. The molecule has 17 heavy (non-hydrogen) atoms. The Morgan fingerprint density at radius 3 is 2.76 bits per heavy atom. The smallest absolute Gasteiger partial charge is 0.211 e. The Morgan fingerprint density at radius 2 is 2.12 bits per heavy atom. The molecule has 0 aliphatic heterocycles. The van der Waals surface area contributed by atoms with Crippen molar-refractivity contribution in [2.24, 2.45) is 0 Å². The Morgan fingerprint density at radius 1 is 1.29 bits per heavy atom. The van der Waals surface area contributed by atoms with Gasteiger partial charge in [0.25, 0.3) is 0 Å². The first-order valence-electron chi connectivity index (χ1n) is 4.87. The largest absolute Gasteiger partial charge is 0.287 e. The van der Waals surface area contributed by atoms with Crippen molar-refractivity contribution >= 4 is 17.4 Å². The molecule has 0 radical (unpaired) electrons. The van der Waals surface area contributed by atoms with E-state index in [0.29, 0.717) is 21.8 Å². The highest BCUT2D eigenvalue weighted by Crippen LogP contribution is 2.12. The number of pyridine rings is 1. The van der Waals surface area contributed by atoms with Crippen molar-refractivity contribution in [3.05, 3.63) is 64.4 Å². The predicted octanol–water partition coefficient (Wildman–Crippen LogP) is 2.84. The van der Waals surface area contributed by atoms with Crippen LogP contribution in [0.15, 0.2) is 42.6 Å². The molecule has 0 saturated carbocycles. The number of halogens is 1. The van der Waals surface area contributed by atoms with Gasteiger partial charge < -0.3 is 0 Å². The first kappa shape index (κ1) is 11.3. The zero-order chi connectivity index (χ0) is 12.3. The SMILES string of the molecule is N#Cc1cccc(C(=O)c2ccc(Cl)cn2)c1. The fourth-order valence-corrected chi connectivity index (χ4v) is 1.50. The molecule has 0 unspecified atom stereocenters. The molecule has 1 aromatic carbocycles. The second-order valence-corrected chi connectivity index (χ2v) is 3.82. The van der Waals surface area contributed by atoms with Crippen LogP contribution in [-0.4, -0.2) is 10.8 Å². The summed E-state index contributed by atoms with van der Waals surface area (Å²) in [6.45, 7) is 0. The number of carbonyl (C=O) groups is 1. The maximum absolute atomic E-state index is 12.0.